The zero-order valence-corrected chi connectivity index (χ0v) is 12.7. The molecule has 0 aliphatic heterocycles. The predicted octanol–water partition coefficient (Wildman–Crippen LogP) is 3.46. The number of nitrogens with zero attached hydrogens (tertiary/aromatic N) is 2. The molecule has 2 aromatic heterocycles. The molecule has 114 valence electrons. The lowest BCUT2D eigenvalue weighted by molar-refractivity contribution is -0.111. The molecule has 0 spiro atoms. The van der Waals surface area contributed by atoms with Gasteiger partial charge in [-0.1, -0.05) is 12.6 Å². The van der Waals surface area contributed by atoms with Gasteiger partial charge in [0.1, 0.15) is 0 Å². The minimum absolute atomic E-state index is 0.260. The molecule has 1 amide bonds. The van der Waals surface area contributed by atoms with Crippen molar-refractivity contribution in [1.82, 2.24) is 9.97 Å². The number of anilines is 2. The molecule has 0 atom stereocenters. The van der Waals surface area contributed by atoms with Gasteiger partial charge in [0.05, 0.1) is 17.4 Å². The molecule has 0 unspecified atom stereocenters. The fourth-order valence-corrected chi connectivity index (χ4v) is 2.40. The topological polar surface area (TPSA) is 66.9 Å². The Bertz CT molecular complexity index is 889. The van der Waals surface area contributed by atoms with E-state index < -0.39 is 0 Å². The molecule has 3 rings (SSSR count). The van der Waals surface area contributed by atoms with Gasteiger partial charge in [0, 0.05) is 36.1 Å². The maximum absolute atomic E-state index is 11.4. The number of hydrogen-bond acceptors (Lipinski definition) is 4. The molecular formula is C18H16N4O. The van der Waals surface area contributed by atoms with E-state index in [0.29, 0.717) is 5.69 Å². The van der Waals surface area contributed by atoms with Gasteiger partial charge in [0.25, 0.3) is 0 Å². The van der Waals surface area contributed by atoms with Crippen LogP contribution >= 0.6 is 0 Å². The quantitative estimate of drug-likeness (QED) is 0.724. The Morgan fingerprint density at radius 1 is 1.17 bits per heavy atom. The lowest BCUT2D eigenvalue weighted by atomic mass is 10.0. The number of nitrogens with one attached hydrogen (secondary N) is 2. The van der Waals surface area contributed by atoms with Crippen LogP contribution in [0.3, 0.4) is 0 Å². The zero-order valence-electron chi connectivity index (χ0n) is 12.7. The summed E-state index contributed by atoms with van der Waals surface area (Å²) in [5.74, 6) is -0.260. The van der Waals surface area contributed by atoms with Gasteiger partial charge in [-0.15, -0.1) is 0 Å². The third kappa shape index (κ3) is 3.03. The summed E-state index contributed by atoms with van der Waals surface area (Å²) in [6.07, 6.45) is 6.38. The van der Waals surface area contributed by atoms with Crippen molar-refractivity contribution in [2.45, 2.75) is 0 Å². The van der Waals surface area contributed by atoms with Crippen LogP contribution in [0.5, 0.6) is 0 Å². The summed E-state index contributed by atoms with van der Waals surface area (Å²) in [4.78, 5) is 20.0. The molecule has 0 saturated heterocycles. The Kier molecular flexibility index (Phi) is 4.01. The summed E-state index contributed by atoms with van der Waals surface area (Å²) in [5, 5.41) is 6.92. The lowest BCUT2D eigenvalue weighted by Crippen LogP contribution is -2.07. The summed E-state index contributed by atoms with van der Waals surface area (Å²) in [6.45, 7) is 3.44. The predicted molar refractivity (Wildman–Crippen MR) is 93.3 cm³/mol. The lowest BCUT2D eigenvalue weighted by Gasteiger charge is -2.09. The number of rotatable bonds is 4. The van der Waals surface area contributed by atoms with Crippen molar-refractivity contribution in [1.29, 1.82) is 0 Å². The summed E-state index contributed by atoms with van der Waals surface area (Å²) in [5.41, 5.74) is 4.49. The van der Waals surface area contributed by atoms with Gasteiger partial charge >= 0.3 is 0 Å². The van der Waals surface area contributed by atoms with E-state index in [-0.39, 0.29) is 5.91 Å². The van der Waals surface area contributed by atoms with Crippen LogP contribution in [0.15, 0.2) is 61.6 Å². The van der Waals surface area contributed by atoms with Crippen LogP contribution in [0, 0.1) is 0 Å². The average molecular weight is 304 g/mol. The molecule has 2 N–H and O–H groups in total. The van der Waals surface area contributed by atoms with E-state index in [1.54, 1.807) is 18.6 Å². The van der Waals surface area contributed by atoms with Gasteiger partial charge in [0.15, 0.2) is 0 Å². The van der Waals surface area contributed by atoms with Gasteiger partial charge < -0.3 is 10.6 Å². The monoisotopic (exact) mass is 304 g/mol. The van der Waals surface area contributed by atoms with E-state index >= 15 is 0 Å². The van der Waals surface area contributed by atoms with Crippen molar-refractivity contribution in [2.24, 2.45) is 0 Å². The molecule has 0 aliphatic carbocycles. The highest BCUT2D eigenvalue weighted by Gasteiger charge is 2.06. The Balaban J connectivity index is 2.04. The molecule has 3 aromatic rings. The number of carbonyl (C=O) groups excluding carboxylic acids is 1. The number of aromatic nitrogens is 2. The maximum atomic E-state index is 11.4. The molecule has 0 bridgehead atoms. The smallest absolute Gasteiger partial charge is 0.247 e. The van der Waals surface area contributed by atoms with Crippen molar-refractivity contribution in [3.05, 3.63) is 61.6 Å². The summed E-state index contributed by atoms with van der Waals surface area (Å²) in [7, 11) is 1.88. The molecule has 23 heavy (non-hydrogen) atoms. The number of hydrogen-bond donors (Lipinski definition) is 2. The highest BCUT2D eigenvalue weighted by atomic mass is 16.1. The zero-order chi connectivity index (χ0) is 16.2. The van der Waals surface area contributed by atoms with Crippen molar-refractivity contribution >= 4 is 28.2 Å². The fraction of sp³-hybridized carbons (Fsp3) is 0.0556. The van der Waals surface area contributed by atoms with E-state index in [4.69, 9.17) is 0 Å². The van der Waals surface area contributed by atoms with E-state index in [1.165, 1.54) is 6.08 Å². The minimum atomic E-state index is -0.260. The van der Waals surface area contributed by atoms with E-state index in [0.717, 1.165) is 27.7 Å². The third-order valence-corrected chi connectivity index (χ3v) is 3.54. The first-order valence-electron chi connectivity index (χ1n) is 7.16. The standard InChI is InChI=1S/C18H16N4O/c1-3-18(23)22-14-8-13(10-20-11-14)12-4-5-17-15(9-12)16(19-2)6-7-21-17/h3-11H,1H2,2H3,(H,19,21)(H,22,23). The SMILES string of the molecule is C=CC(=O)Nc1cncc(-c2ccc3nccc(NC)c3c2)c1. The van der Waals surface area contributed by atoms with Crippen molar-refractivity contribution in [3.63, 3.8) is 0 Å². The fourth-order valence-electron chi connectivity index (χ4n) is 2.40. The van der Waals surface area contributed by atoms with E-state index in [9.17, 15) is 4.79 Å². The largest absolute Gasteiger partial charge is 0.388 e. The molecule has 0 aliphatic rings. The summed E-state index contributed by atoms with van der Waals surface area (Å²) < 4.78 is 0. The Morgan fingerprint density at radius 2 is 2.04 bits per heavy atom. The van der Waals surface area contributed by atoms with Gasteiger partial charge in [-0.3, -0.25) is 14.8 Å². The third-order valence-electron chi connectivity index (χ3n) is 3.54. The molecular weight excluding hydrogens is 288 g/mol. The molecule has 0 saturated carbocycles. The Labute approximate surface area is 134 Å². The van der Waals surface area contributed by atoms with Crippen LogP contribution in [0.2, 0.25) is 0 Å². The van der Waals surface area contributed by atoms with Gasteiger partial charge in [-0.05, 0) is 35.9 Å². The Morgan fingerprint density at radius 3 is 2.83 bits per heavy atom. The van der Waals surface area contributed by atoms with Crippen LogP contribution in [-0.2, 0) is 4.79 Å². The van der Waals surface area contributed by atoms with Gasteiger partial charge in [-0.25, -0.2) is 0 Å². The number of carbonyl (C=O) groups is 1. The number of fused-ring (bicyclic) bond motifs is 1. The number of amides is 1. The number of benzene rings is 1. The van der Waals surface area contributed by atoms with Crippen molar-refractivity contribution in [2.75, 3.05) is 17.7 Å². The highest BCUT2D eigenvalue weighted by Crippen LogP contribution is 2.28. The average Bonchev–Trinajstić information content (AvgIpc) is 2.60. The van der Waals surface area contributed by atoms with E-state index in [1.807, 2.05) is 31.3 Å². The summed E-state index contributed by atoms with van der Waals surface area (Å²) in [6, 6.07) is 9.84. The van der Waals surface area contributed by atoms with Crippen LogP contribution in [0.4, 0.5) is 11.4 Å². The second-order valence-corrected chi connectivity index (χ2v) is 5.00. The van der Waals surface area contributed by atoms with Gasteiger partial charge in [-0.2, -0.15) is 0 Å². The highest BCUT2D eigenvalue weighted by molar-refractivity contribution is 5.99. The first-order chi connectivity index (χ1) is 11.2. The Hall–Kier alpha value is -3.21. The first-order valence-corrected chi connectivity index (χ1v) is 7.16. The van der Waals surface area contributed by atoms with Crippen LogP contribution in [0.25, 0.3) is 22.0 Å². The van der Waals surface area contributed by atoms with E-state index in [2.05, 4.69) is 33.2 Å². The molecule has 2 heterocycles. The second-order valence-electron chi connectivity index (χ2n) is 5.00. The second kappa shape index (κ2) is 6.27. The molecule has 0 radical (unpaired) electrons. The minimum Gasteiger partial charge on any atom is -0.388 e. The molecule has 5 nitrogen and oxygen atoms in total. The summed E-state index contributed by atoms with van der Waals surface area (Å²) >= 11 is 0. The number of pyridine rings is 2. The first kappa shape index (κ1) is 14.7. The molecule has 5 heteroatoms. The van der Waals surface area contributed by atoms with Crippen LogP contribution in [-0.4, -0.2) is 22.9 Å². The molecule has 1 aromatic carbocycles. The molecule has 0 fully saturated rings. The normalized spacial score (nSPS) is 10.3. The van der Waals surface area contributed by atoms with Crippen molar-refractivity contribution < 1.29 is 4.79 Å². The van der Waals surface area contributed by atoms with Crippen molar-refractivity contribution in [3.8, 4) is 11.1 Å². The van der Waals surface area contributed by atoms with Crippen LogP contribution < -0.4 is 10.6 Å². The van der Waals surface area contributed by atoms with Crippen LogP contribution in [0.1, 0.15) is 0 Å². The maximum Gasteiger partial charge on any atom is 0.247 e. The van der Waals surface area contributed by atoms with Gasteiger partial charge in [0.2, 0.25) is 5.91 Å².